The lowest BCUT2D eigenvalue weighted by atomic mass is 9.83. The second-order valence-electron chi connectivity index (χ2n) is 5.03. The van der Waals surface area contributed by atoms with E-state index in [1.165, 1.54) is 16.7 Å². The molecule has 1 atom stereocenters. The Balaban J connectivity index is 2.53. The van der Waals surface area contributed by atoms with Crippen LogP contribution in [0.3, 0.4) is 0 Å². The maximum Gasteiger partial charge on any atom is 0.0639 e. The molecule has 2 rings (SSSR count). The van der Waals surface area contributed by atoms with Gasteiger partial charge in [-0.1, -0.05) is 51.8 Å². The molecule has 0 saturated carbocycles. The Labute approximate surface area is 117 Å². The monoisotopic (exact) mass is 303 g/mol. The third kappa shape index (κ3) is 2.50. The summed E-state index contributed by atoms with van der Waals surface area (Å²) in [6.07, 6.45) is 0. The normalized spacial score (nSPS) is 14.3. The number of hydrogen-bond donors (Lipinski definition) is 1. The second kappa shape index (κ2) is 4.87. The molecule has 0 aliphatic carbocycles. The Bertz CT molecular complexity index is 573. The Kier molecular flexibility index (Phi) is 3.60. The molecular weight excluding hydrogens is 286 g/mol. The molecule has 2 aromatic carbocycles. The Morgan fingerprint density at radius 3 is 2.39 bits per heavy atom. The minimum Gasteiger partial charge on any atom is -0.318 e. The highest BCUT2D eigenvalue weighted by atomic mass is 79.9. The largest absolute Gasteiger partial charge is 0.318 e. The summed E-state index contributed by atoms with van der Waals surface area (Å²) in [7, 11) is 0. The van der Waals surface area contributed by atoms with E-state index in [4.69, 9.17) is 5.73 Å². The van der Waals surface area contributed by atoms with Crippen molar-refractivity contribution in [2.75, 3.05) is 0 Å². The van der Waals surface area contributed by atoms with Crippen molar-refractivity contribution in [3.05, 3.63) is 69.2 Å². The summed E-state index contributed by atoms with van der Waals surface area (Å²) in [6.45, 7) is 6.28. The van der Waals surface area contributed by atoms with Crippen molar-refractivity contribution in [3.63, 3.8) is 0 Å². The van der Waals surface area contributed by atoms with Crippen LogP contribution in [0.2, 0.25) is 0 Å². The van der Waals surface area contributed by atoms with Gasteiger partial charge in [0.2, 0.25) is 0 Å². The van der Waals surface area contributed by atoms with Gasteiger partial charge in [-0.3, -0.25) is 0 Å². The molecule has 0 aliphatic rings. The average molecular weight is 304 g/mol. The van der Waals surface area contributed by atoms with Gasteiger partial charge in [0.15, 0.2) is 0 Å². The van der Waals surface area contributed by atoms with Gasteiger partial charge in [0.1, 0.15) is 0 Å². The Morgan fingerprint density at radius 1 is 1.06 bits per heavy atom. The standard InChI is InChI=1S/C16H18BrN/c1-11-7-8-15(12(2)9-11)16(3,18)13-5-4-6-14(17)10-13/h4-10H,18H2,1-3H3. The van der Waals surface area contributed by atoms with Crippen molar-refractivity contribution in [2.45, 2.75) is 26.3 Å². The molecule has 0 fully saturated rings. The van der Waals surface area contributed by atoms with Crippen LogP contribution in [0.4, 0.5) is 0 Å². The summed E-state index contributed by atoms with van der Waals surface area (Å²) < 4.78 is 1.06. The number of rotatable bonds is 2. The molecule has 0 spiro atoms. The van der Waals surface area contributed by atoms with Gasteiger partial charge in [0, 0.05) is 4.47 Å². The van der Waals surface area contributed by atoms with Crippen LogP contribution < -0.4 is 5.73 Å². The van der Waals surface area contributed by atoms with E-state index >= 15 is 0 Å². The highest BCUT2D eigenvalue weighted by Crippen LogP contribution is 2.30. The Hall–Kier alpha value is -1.12. The maximum absolute atomic E-state index is 6.56. The van der Waals surface area contributed by atoms with Gasteiger partial charge in [0.25, 0.3) is 0 Å². The van der Waals surface area contributed by atoms with Crippen LogP contribution in [0.25, 0.3) is 0 Å². The van der Waals surface area contributed by atoms with Gasteiger partial charge in [-0.2, -0.15) is 0 Å². The van der Waals surface area contributed by atoms with E-state index in [2.05, 4.69) is 67.0 Å². The molecule has 0 heterocycles. The van der Waals surface area contributed by atoms with Crippen molar-refractivity contribution in [3.8, 4) is 0 Å². The van der Waals surface area contributed by atoms with Gasteiger partial charge in [-0.05, 0) is 49.6 Å². The molecule has 94 valence electrons. The summed E-state index contributed by atoms with van der Waals surface area (Å²) in [5, 5.41) is 0. The van der Waals surface area contributed by atoms with Gasteiger partial charge in [0.05, 0.1) is 5.54 Å². The number of halogens is 1. The zero-order valence-electron chi connectivity index (χ0n) is 11.0. The average Bonchev–Trinajstić information content (AvgIpc) is 2.28. The molecule has 0 aromatic heterocycles. The van der Waals surface area contributed by atoms with Crippen LogP contribution in [0.5, 0.6) is 0 Å². The SMILES string of the molecule is Cc1ccc(C(C)(N)c2cccc(Br)c2)c(C)c1. The first-order chi connectivity index (χ1) is 8.41. The molecule has 0 amide bonds. The Morgan fingerprint density at radius 2 is 1.78 bits per heavy atom. The first kappa shape index (κ1) is 13.3. The molecule has 2 N–H and O–H groups in total. The highest BCUT2D eigenvalue weighted by molar-refractivity contribution is 9.10. The molecule has 0 aliphatic heterocycles. The third-order valence-corrected chi connectivity index (χ3v) is 3.86. The summed E-state index contributed by atoms with van der Waals surface area (Å²) in [6, 6.07) is 14.6. The number of benzene rings is 2. The minimum atomic E-state index is -0.471. The van der Waals surface area contributed by atoms with Crippen LogP contribution in [0.15, 0.2) is 46.9 Å². The summed E-state index contributed by atoms with van der Waals surface area (Å²) >= 11 is 3.50. The lowest BCUT2D eigenvalue weighted by Crippen LogP contribution is -2.35. The van der Waals surface area contributed by atoms with E-state index in [1.54, 1.807) is 0 Å². The van der Waals surface area contributed by atoms with Crippen LogP contribution in [0, 0.1) is 13.8 Å². The summed E-state index contributed by atoms with van der Waals surface area (Å²) in [4.78, 5) is 0. The molecular formula is C16H18BrN. The quantitative estimate of drug-likeness (QED) is 0.880. The molecule has 0 radical (unpaired) electrons. The fourth-order valence-electron chi connectivity index (χ4n) is 2.36. The molecule has 2 aromatic rings. The fraction of sp³-hybridized carbons (Fsp3) is 0.250. The van der Waals surface area contributed by atoms with Crippen LogP contribution in [-0.2, 0) is 5.54 Å². The fourth-order valence-corrected chi connectivity index (χ4v) is 2.76. The van der Waals surface area contributed by atoms with Gasteiger partial charge in [-0.15, -0.1) is 0 Å². The maximum atomic E-state index is 6.56. The van der Waals surface area contributed by atoms with Crippen LogP contribution >= 0.6 is 15.9 Å². The lowest BCUT2D eigenvalue weighted by molar-refractivity contribution is 0.598. The molecule has 1 unspecified atom stereocenters. The summed E-state index contributed by atoms with van der Waals surface area (Å²) in [5.41, 5.74) is 10.9. The first-order valence-electron chi connectivity index (χ1n) is 6.04. The first-order valence-corrected chi connectivity index (χ1v) is 6.83. The van der Waals surface area contributed by atoms with Crippen LogP contribution in [0.1, 0.15) is 29.2 Å². The predicted octanol–water partition coefficient (Wildman–Crippen LogP) is 4.29. The van der Waals surface area contributed by atoms with E-state index in [-0.39, 0.29) is 0 Å². The van der Waals surface area contributed by atoms with Crippen molar-refractivity contribution in [2.24, 2.45) is 5.73 Å². The zero-order chi connectivity index (χ0) is 13.3. The third-order valence-electron chi connectivity index (χ3n) is 3.37. The van der Waals surface area contributed by atoms with E-state index in [0.717, 1.165) is 10.0 Å². The van der Waals surface area contributed by atoms with E-state index in [9.17, 15) is 0 Å². The zero-order valence-corrected chi connectivity index (χ0v) is 12.6. The van der Waals surface area contributed by atoms with Crippen LogP contribution in [-0.4, -0.2) is 0 Å². The number of aryl methyl sites for hydroxylation is 2. The van der Waals surface area contributed by atoms with Gasteiger partial charge in [-0.25, -0.2) is 0 Å². The van der Waals surface area contributed by atoms with Crippen molar-refractivity contribution < 1.29 is 0 Å². The summed E-state index contributed by atoms with van der Waals surface area (Å²) in [5.74, 6) is 0. The van der Waals surface area contributed by atoms with Gasteiger partial charge >= 0.3 is 0 Å². The highest BCUT2D eigenvalue weighted by Gasteiger charge is 2.25. The molecule has 1 nitrogen and oxygen atoms in total. The lowest BCUT2D eigenvalue weighted by Gasteiger charge is -2.28. The van der Waals surface area contributed by atoms with E-state index < -0.39 is 5.54 Å². The van der Waals surface area contributed by atoms with E-state index in [0.29, 0.717) is 0 Å². The number of nitrogens with two attached hydrogens (primary N) is 1. The van der Waals surface area contributed by atoms with E-state index in [1.807, 2.05) is 12.1 Å². The molecule has 0 bridgehead atoms. The number of hydrogen-bond acceptors (Lipinski definition) is 1. The topological polar surface area (TPSA) is 26.0 Å². The molecule has 0 saturated heterocycles. The molecule has 18 heavy (non-hydrogen) atoms. The minimum absolute atomic E-state index is 0.471. The predicted molar refractivity (Wildman–Crippen MR) is 80.7 cm³/mol. The van der Waals surface area contributed by atoms with Crippen molar-refractivity contribution in [1.29, 1.82) is 0 Å². The van der Waals surface area contributed by atoms with Crippen molar-refractivity contribution >= 4 is 15.9 Å². The molecule has 2 heteroatoms. The van der Waals surface area contributed by atoms with Crippen molar-refractivity contribution in [1.82, 2.24) is 0 Å². The second-order valence-corrected chi connectivity index (χ2v) is 5.95. The smallest absolute Gasteiger partial charge is 0.0639 e. The van der Waals surface area contributed by atoms with Gasteiger partial charge < -0.3 is 5.73 Å².